The highest BCUT2D eigenvalue weighted by Crippen LogP contribution is 2.30. The van der Waals surface area contributed by atoms with Crippen LogP contribution in [0, 0.1) is 11.3 Å². The van der Waals surface area contributed by atoms with Crippen molar-refractivity contribution >= 4 is 11.0 Å². The molecule has 1 atom stereocenters. The SMILES string of the molecule is N#CC1=CCC(c2ccccc2Cc2nc3c(cnn3C3CCOCC3)c(=O)[nH]2)C=C1. The van der Waals surface area contributed by atoms with Crippen LogP contribution in [0.3, 0.4) is 0 Å². The van der Waals surface area contributed by atoms with Crippen molar-refractivity contribution in [3.05, 3.63) is 81.6 Å². The molecule has 31 heavy (non-hydrogen) atoms. The van der Waals surface area contributed by atoms with Crippen LogP contribution in [0.2, 0.25) is 0 Å². The van der Waals surface area contributed by atoms with Gasteiger partial charge in [-0.15, -0.1) is 0 Å². The Morgan fingerprint density at radius 2 is 2.10 bits per heavy atom. The van der Waals surface area contributed by atoms with Crippen molar-refractivity contribution in [1.29, 1.82) is 5.26 Å². The minimum absolute atomic E-state index is 0.157. The number of rotatable bonds is 4. The van der Waals surface area contributed by atoms with E-state index < -0.39 is 0 Å². The Kier molecular flexibility index (Phi) is 5.23. The zero-order chi connectivity index (χ0) is 21.2. The predicted octanol–water partition coefficient (Wildman–Crippen LogP) is 3.56. The largest absolute Gasteiger partial charge is 0.381 e. The first-order chi connectivity index (χ1) is 15.2. The minimum atomic E-state index is -0.157. The Morgan fingerprint density at radius 3 is 2.87 bits per heavy atom. The van der Waals surface area contributed by atoms with E-state index in [1.165, 1.54) is 5.56 Å². The zero-order valence-corrected chi connectivity index (χ0v) is 17.1. The molecule has 1 aromatic carbocycles. The van der Waals surface area contributed by atoms with E-state index in [4.69, 9.17) is 15.0 Å². The van der Waals surface area contributed by atoms with E-state index in [0.29, 0.717) is 42.1 Å². The molecule has 2 aliphatic rings. The Bertz CT molecular complexity index is 1270. The average molecular weight is 413 g/mol. The normalized spacial score (nSPS) is 19.3. The van der Waals surface area contributed by atoms with Gasteiger partial charge in [0, 0.05) is 31.1 Å². The Labute approximate surface area is 179 Å². The predicted molar refractivity (Wildman–Crippen MR) is 117 cm³/mol. The quantitative estimate of drug-likeness (QED) is 0.705. The molecular weight excluding hydrogens is 390 g/mol. The summed E-state index contributed by atoms with van der Waals surface area (Å²) in [5.74, 6) is 0.836. The first-order valence-electron chi connectivity index (χ1n) is 10.6. The number of ether oxygens (including phenoxy) is 1. The summed E-state index contributed by atoms with van der Waals surface area (Å²) in [6.45, 7) is 1.40. The van der Waals surface area contributed by atoms with Crippen LogP contribution < -0.4 is 5.56 Å². The number of nitrogens with one attached hydrogen (secondary N) is 1. The fourth-order valence-corrected chi connectivity index (χ4v) is 4.43. The highest BCUT2D eigenvalue weighted by atomic mass is 16.5. The maximum Gasteiger partial charge on any atom is 0.262 e. The summed E-state index contributed by atoms with van der Waals surface area (Å²) in [6, 6.07) is 10.6. The minimum Gasteiger partial charge on any atom is -0.381 e. The molecule has 1 unspecified atom stereocenters. The maximum absolute atomic E-state index is 12.7. The Morgan fingerprint density at radius 1 is 1.26 bits per heavy atom. The lowest BCUT2D eigenvalue weighted by Crippen LogP contribution is -2.21. The average Bonchev–Trinajstić information content (AvgIpc) is 3.25. The number of fused-ring (bicyclic) bond motifs is 1. The summed E-state index contributed by atoms with van der Waals surface area (Å²) in [7, 11) is 0. The second-order valence-electron chi connectivity index (χ2n) is 8.03. The molecule has 1 saturated heterocycles. The van der Waals surface area contributed by atoms with Crippen molar-refractivity contribution in [3.8, 4) is 6.07 Å². The summed E-state index contributed by atoms with van der Waals surface area (Å²) in [4.78, 5) is 20.5. The molecule has 0 saturated carbocycles. The lowest BCUT2D eigenvalue weighted by atomic mass is 9.86. The number of aromatic nitrogens is 4. The van der Waals surface area contributed by atoms with Crippen molar-refractivity contribution in [3.63, 3.8) is 0 Å². The van der Waals surface area contributed by atoms with E-state index >= 15 is 0 Å². The van der Waals surface area contributed by atoms with E-state index in [-0.39, 0.29) is 17.5 Å². The number of nitrogens with zero attached hydrogens (tertiary/aromatic N) is 4. The van der Waals surface area contributed by atoms with Crippen LogP contribution in [-0.4, -0.2) is 33.0 Å². The van der Waals surface area contributed by atoms with Crippen LogP contribution in [0.5, 0.6) is 0 Å². The van der Waals surface area contributed by atoms with Gasteiger partial charge in [0.2, 0.25) is 0 Å². The molecule has 1 fully saturated rings. The molecule has 7 nitrogen and oxygen atoms in total. The van der Waals surface area contributed by atoms with Gasteiger partial charge in [-0.2, -0.15) is 10.4 Å². The van der Waals surface area contributed by atoms with Crippen LogP contribution >= 0.6 is 0 Å². The van der Waals surface area contributed by atoms with Gasteiger partial charge >= 0.3 is 0 Å². The second kappa shape index (κ2) is 8.32. The monoisotopic (exact) mass is 413 g/mol. The molecule has 1 aliphatic carbocycles. The van der Waals surface area contributed by atoms with Gasteiger partial charge in [-0.05, 0) is 36.5 Å². The van der Waals surface area contributed by atoms with Gasteiger partial charge in [-0.1, -0.05) is 36.4 Å². The van der Waals surface area contributed by atoms with Crippen molar-refractivity contribution in [2.24, 2.45) is 0 Å². The van der Waals surface area contributed by atoms with Crippen molar-refractivity contribution < 1.29 is 4.74 Å². The molecule has 0 bridgehead atoms. The number of hydrogen-bond acceptors (Lipinski definition) is 5. The summed E-state index contributed by atoms with van der Waals surface area (Å²) >= 11 is 0. The standard InChI is InChI=1S/C24H23N5O2/c25-14-16-5-7-17(8-6-16)20-4-2-1-3-18(20)13-22-27-23-21(24(30)28-22)15-26-29(23)19-9-11-31-12-10-19/h1-7,15,17,19H,8-13H2,(H,27,28,30). The van der Waals surface area contributed by atoms with E-state index in [9.17, 15) is 4.79 Å². The number of benzene rings is 1. The zero-order valence-electron chi connectivity index (χ0n) is 17.1. The number of aromatic amines is 1. The molecule has 0 radical (unpaired) electrons. The van der Waals surface area contributed by atoms with Crippen molar-refractivity contribution in [2.75, 3.05) is 13.2 Å². The molecule has 5 rings (SSSR count). The lowest BCUT2D eigenvalue weighted by molar-refractivity contribution is 0.0673. The van der Waals surface area contributed by atoms with Crippen molar-refractivity contribution in [2.45, 2.75) is 37.6 Å². The third kappa shape index (κ3) is 3.82. The lowest BCUT2D eigenvalue weighted by Gasteiger charge is -2.22. The van der Waals surface area contributed by atoms with Crippen LogP contribution in [0.25, 0.3) is 11.0 Å². The van der Waals surface area contributed by atoms with Crippen LogP contribution in [0.4, 0.5) is 0 Å². The van der Waals surface area contributed by atoms with E-state index in [2.05, 4.69) is 34.4 Å². The second-order valence-corrected chi connectivity index (χ2v) is 8.03. The van der Waals surface area contributed by atoms with Gasteiger partial charge in [0.05, 0.1) is 18.3 Å². The summed E-state index contributed by atoms with van der Waals surface area (Å²) < 4.78 is 7.35. The molecule has 7 heteroatoms. The molecule has 1 N–H and O–H groups in total. The van der Waals surface area contributed by atoms with E-state index in [0.717, 1.165) is 24.8 Å². The highest BCUT2D eigenvalue weighted by molar-refractivity contribution is 5.73. The van der Waals surface area contributed by atoms with Crippen LogP contribution in [0.1, 0.15) is 48.2 Å². The van der Waals surface area contributed by atoms with Gasteiger partial charge in [0.15, 0.2) is 5.65 Å². The van der Waals surface area contributed by atoms with Gasteiger partial charge in [0.25, 0.3) is 5.56 Å². The van der Waals surface area contributed by atoms with E-state index in [1.54, 1.807) is 6.20 Å². The number of allylic oxidation sites excluding steroid dienone is 4. The fraction of sp³-hybridized carbons (Fsp3) is 0.333. The number of H-pyrrole nitrogens is 1. The number of nitriles is 1. The summed E-state index contributed by atoms with van der Waals surface area (Å²) in [6.07, 6.45) is 10.6. The van der Waals surface area contributed by atoms with Crippen LogP contribution in [0.15, 0.2) is 59.1 Å². The molecule has 0 amide bonds. The van der Waals surface area contributed by atoms with Gasteiger partial charge in [0.1, 0.15) is 11.2 Å². The maximum atomic E-state index is 12.7. The Hall–Kier alpha value is -3.50. The fourth-order valence-electron chi connectivity index (χ4n) is 4.43. The summed E-state index contributed by atoms with van der Waals surface area (Å²) in [5.41, 5.74) is 3.49. The molecule has 3 heterocycles. The third-order valence-corrected chi connectivity index (χ3v) is 6.09. The first-order valence-corrected chi connectivity index (χ1v) is 10.6. The third-order valence-electron chi connectivity index (χ3n) is 6.09. The van der Waals surface area contributed by atoms with Crippen LogP contribution in [-0.2, 0) is 11.2 Å². The molecular formula is C24H23N5O2. The molecule has 156 valence electrons. The first kappa shape index (κ1) is 19.5. The van der Waals surface area contributed by atoms with Gasteiger partial charge in [-0.3, -0.25) is 4.79 Å². The molecule has 0 spiro atoms. The molecule has 3 aromatic rings. The number of hydrogen-bond donors (Lipinski definition) is 1. The smallest absolute Gasteiger partial charge is 0.262 e. The van der Waals surface area contributed by atoms with Crippen molar-refractivity contribution in [1.82, 2.24) is 19.7 Å². The molecule has 2 aromatic heterocycles. The molecule has 1 aliphatic heterocycles. The Balaban J connectivity index is 1.48. The summed E-state index contributed by atoms with van der Waals surface area (Å²) in [5, 5.41) is 14.1. The topological polar surface area (TPSA) is 96.6 Å². The van der Waals surface area contributed by atoms with Gasteiger partial charge in [-0.25, -0.2) is 9.67 Å². The highest BCUT2D eigenvalue weighted by Gasteiger charge is 2.21. The van der Waals surface area contributed by atoms with E-state index in [1.807, 2.05) is 29.0 Å². The van der Waals surface area contributed by atoms with Gasteiger partial charge < -0.3 is 9.72 Å².